The minimum Gasteiger partial charge on any atom is -0.370 e. The molecule has 0 atom stereocenters. The quantitative estimate of drug-likeness (QED) is 0.463. The smallest absolute Gasteiger partial charge is 0.229 e. The Morgan fingerprint density at radius 1 is 0.964 bits per heavy atom. The first-order valence-electron chi connectivity index (χ1n) is 9.12. The van der Waals surface area contributed by atoms with Crippen LogP contribution in [0.1, 0.15) is 11.3 Å². The van der Waals surface area contributed by atoms with Crippen LogP contribution in [0.5, 0.6) is 0 Å². The lowest BCUT2D eigenvalue weighted by Crippen LogP contribution is -2.09. The number of rotatable bonds is 6. The van der Waals surface area contributed by atoms with Crippen LogP contribution in [0.2, 0.25) is 5.02 Å². The van der Waals surface area contributed by atoms with Gasteiger partial charge in [-0.15, -0.1) is 0 Å². The second kappa shape index (κ2) is 8.23. The maximum absolute atomic E-state index is 6.05. The van der Waals surface area contributed by atoms with Gasteiger partial charge in [-0.1, -0.05) is 41.9 Å². The Labute approximate surface area is 168 Å². The SMILES string of the molecule is Cc1cc(NCCc2cccc(Cl)c2)nc(Nc2cccc3cccnc23)n1. The minimum atomic E-state index is 0.545. The van der Waals surface area contributed by atoms with Gasteiger partial charge in [-0.25, -0.2) is 4.98 Å². The fourth-order valence-corrected chi connectivity index (χ4v) is 3.28. The highest BCUT2D eigenvalue weighted by Gasteiger charge is 2.06. The Bertz CT molecular complexity index is 1110. The predicted octanol–water partition coefficient (Wildman–Crippen LogP) is 5.38. The van der Waals surface area contributed by atoms with Crippen LogP contribution in [0.3, 0.4) is 0 Å². The lowest BCUT2D eigenvalue weighted by molar-refractivity contribution is 0.995. The van der Waals surface area contributed by atoms with Crippen LogP contribution in [-0.2, 0) is 6.42 Å². The molecule has 4 rings (SSSR count). The average molecular weight is 390 g/mol. The highest BCUT2D eigenvalue weighted by atomic mass is 35.5. The van der Waals surface area contributed by atoms with Crippen LogP contribution in [0.4, 0.5) is 17.5 Å². The van der Waals surface area contributed by atoms with E-state index in [9.17, 15) is 0 Å². The summed E-state index contributed by atoms with van der Waals surface area (Å²) in [6, 6.07) is 19.8. The Hall–Kier alpha value is -3.18. The van der Waals surface area contributed by atoms with Crippen molar-refractivity contribution in [2.75, 3.05) is 17.2 Å². The van der Waals surface area contributed by atoms with Crippen LogP contribution in [0.15, 0.2) is 66.9 Å². The van der Waals surface area contributed by atoms with Crippen LogP contribution in [0.25, 0.3) is 10.9 Å². The number of anilines is 3. The third-order valence-electron chi connectivity index (χ3n) is 4.34. The van der Waals surface area contributed by atoms with Gasteiger partial charge in [0.2, 0.25) is 5.95 Å². The summed E-state index contributed by atoms with van der Waals surface area (Å²) >= 11 is 6.05. The molecule has 0 saturated heterocycles. The van der Waals surface area contributed by atoms with E-state index < -0.39 is 0 Å². The molecule has 0 unspecified atom stereocenters. The predicted molar refractivity (Wildman–Crippen MR) is 115 cm³/mol. The zero-order chi connectivity index (χ0) is 19.3. The molecule has 28 heavy (non-hydrogen) atoms. The summed E-state index contributed by atoms with van der Waals surface area (Å²) in [6.45, 7) is 2.71. The second-order valence-electron chi connectivity index (χ2n) is 6.53. The van der Waals surface area contributed by atoms with Crippen molar-refractivity contribution in [2.24, 2.45) is 0 Å². The van der Waals surface area contributed by atoms with Crippen LogP contribution in [0, 0.1) is 6.92 Å². The molecule has 0 radical (unpaired) electrons. The van der Waals surface area contributed by atoms with Gasteiger partial charge in [0, 0.05) is 34.9 Å². The van der Waals surface area contributed by atoms with Gasteiger partial charge in [-0.05, 0) is 43.2 Å². The molecule has 2 aromatic carbocycles. The molecular weight excluding hydrogens is 370 g/mol. The number of pyridine rings is 1. The summed E-state index contributed by atoms with van der Waals surface area (Å²) in [7, 11) is 0. The van der Waals surface area contributed by atoms with Gasteiger partial charge in [0.15, 0.2) is 0 Å². The molecule has 0 aliphatic carbocycles. The van der Waals surface area contributed by atoms with E-state index in [1.165, 1.54) is 5.56 Å². The molecule has 6 heteroatoms. The van der Waals surface area contributed by atoms with Gasteiger partial charge in [-0.2, -0.15) is 4.98 Å². The summed E-state index contributed by atoms with van der Waals surface area (Å²) in [6.07, 6.45) is 2.65. The molecule has 2 heterocycles. The highest BCUT2D eigenvalue weighted by Crippen LogP contribution is 2.23. The molecule has 0 amide bonds. The molecule has 0 aliphatic rings. The molecule has 5 nitrogen and oxygen atoms in total. The summed E-state index contributed by atoms with van der Waals surface area (Å²) in [5.74, 6) is 1.33. The minimum absolute atomic E-state index is 0.545. The van der Waals surface area contributed by atoms with Crippen LogP contribution < -0.4 is 10.6 Å². The summed E-state index contributed by atoms with van der Waals surface area (Å²) in [5.41, 5.74) is 3.85. The maximum Gasteiger partial charge on any atom is 0.229 e. The molecule has 140 valence electrons. The van der Waals surface area contributed by atoms with E-state index in [0.717, 1.165) is 46.1 Å². The van der Waals surface area contributed by atoms with E-state index in [4.69, 9.17) is 11.6 Å². The third-order valence-corrected chi connectivity index (χ3v) is 4.58. The molecule has 0 bridgehead atoms. The number of aryl methyl sites for hydroxylation is 1. The molecule has 0 saturated carbocycles. The zero-order valence-electron chi connectivity index (χ0n) is 15.5. The van der Waals surface area contributed by atoms with Gasteiger partial charge in [0.05, 0.1) is 11.2 Å². The molecule has 4 aromatic rings. The maximum atomic E-state index is 6.05. The van der Waals surface area contributed by atoms with Crippen molar-refractivity contribution in [2.45, 2.75) is 13.3 Å². The molecular formula is C22H20ClN5. The first-order chi connectivity index (χ1) is 13.7. The first kappa shape index (κ1) is 18.2. The topological polar surface area (TPSA) is 62.7 Å². The van der Waals surface area contributed by atoms with Gasteiger partial charge < -0.3 is 10.6 Å². The number of hydrogen-bond acceptors (Lipinski definition) is 5. The Morgan fingerprint density at radius 2 is 1.82 bits per heavy atom. The van der Waals surface area contributed by atoms with Crippen molar-refractivity contribution in [1.29, 1.82) is 0 Å². The second-order valence-corrected chi connectivity index (χ2v) is 6.97. The van der Waals surface area contributed by atoms with Crippen LogP contribution >= 0.6 is 11.6 Å². The number of para-hydroxylation sites is 1. The highest BCUT2D eigenvalue weighted by molar-refractivity contribution is 6.30. The largest absolute Gasteiger partial charge is 0.370 e. The van der Waals surface area contributed by atoms with E-state index in [0.29, 0.717) is 5.95 Å². The molecule has 0 fully saturated rings. The van der Waals surface area contributed by atoms with Crippen molar-refractivity contribution in [3.8, 4) is 0 Å². The molecule has 0 spiro atoms. The monoisotopic (exact) mass is 389 g/mol. The average Bonchev–Trinajstić information content (AvgIpc) is 2.68. The van der Waals surface area contributed by atoms with E-state index in [2.05, 4.69) is 31.7 Å². The summed E-state index contributed by atoms with van der Waals surface area (Å²) in [5, 5.41) is 8.49. The van der Waals surface area contributed by atoms with Crippen molar-refractivity contribution < 1.29 is 0 Å². The Kier molecular flexibility index (Phi) is 5.35. The van der Waals surface area contributed by atoms with E-state index in [-0.39, 0.29) is 0 Å². The lowest BCUT2D eigenvalue weighted by atomic mass is 10.1. The van der Waals surface area contributed by atoms with Crippen molar-refractivity contribution >= 4 is 40.0 Å². The van der Waals surface area contributed by atoms with Crippen molar-refractivity contribution in [3.63, 3.8) is 0 Å². The number of hydrogen-bond donors (Lipinski definition) is 2. The summed E-state index contributed by atoms with van der Waals surface area (Å²) < 4.78 is 0. The number of halogens is 1. The lowest BCUT2D eigenvalue weighted by Gasteiger charge is -2.11. The fourth-order valence-electron chi connectivity index (χ4n) is 3.07. The number of fused-ring (bicyclic) bond motifs is 1. The van der Waals surface area contributed by atoms with E-state index in [1.807, 2.05) is 61.5 Å². The van der Waals surface area contributed by atoms with Crippen molar-refractivity contribution in [1.82, 2.24) is 15.0 Å². The third kappa shape index (κ3) is 4.38. The zero-order valence-corrected chi connectivity index (χ0v) is 16.2. The van der Waals surface area contributed by atoms with Gasteiger partial charge in [0.1, 0.15) is 5.82 Å². The Balaban J connectivity index is 1.49. The molecule has 2 aromatic heterocycles. The number of nitrogens with one attached hydrogen (secondary N) is 2. The van der Waals surface area contributed by atoms with Gasteiger partial charge in [0.25, 0.3) is 0 Å². The number of benzene rings is 2. The van der Waals surface area contributed by atoms with Crippen molar-refractivity contribution in [3.05, 3.63) is 83.1 Å². The first-order valence-corrected chi connectivity index (χ1v) is 9.50. The summed E-state index contributed by atoms with van der Waals surface area (Å²) in [4.78, 5) is 13.6. The Morgan fingerprint density at radius 3 is 2.71 bits per heavy atom. The van der Waals surface area contributed by atoms with E-state index in [1.54, 1.807) is 6.20 Å². The van der Waals surface area contributed by atoms with E-state index >= 15 is 0 Å². The van der Waals surface area contributed by atoms with Crippen LogP contribution in [-0.4, -0.2) is 21.5 Å². The molecule has 2 N–H and O–H groups in total. The fraction of sp³-hybridized carbons (Fsp3) is 0.136. The normalized spacial score (nSPS) is 10.8. The van der Waals surface area contributed by atoms with Gasteiger partial charge >= 0.3 is 0 Å². The number of aromatic nitrogens is 3. The van der Waals surface area contributed by atoms with Gasteiger partial charge in [-0.3, -0.25) is 4.98 Å². The number of nitrogens with zero attached hydrogens (tertiary/aromatic N) is 3. The standard InChI is InChI=1S/C22H20ClN5/c1-15-13-20(24-12-10-16-5-2-8-18(23)14-16)28-22(26-15)27-19-9-3-6-17-7-4-11-25-21(17)19/h2-9,11,13-14H,10,12H2,1H3,(H2,24,26,27,28). The molecule has 0 aliphatic heterocycles.